The van der Waals surface area contributed by atoms with E-state index in [1.54, 1.807) is 6.20 Å². The minimum atomic E-state index is -1.34. The van der Waals surface area contributed by atoms with E-state index in [2.05, 4.69) is 57.2 Å². The summed E-state index contributed by atoms with van der Waals surface area (Å²) in [4.78, 5) is 122. The Hall–Kier alpha value is -7.16. The molecule has 0 aliphatic carbocycles. The molecule has 0 aliphatic heterocycles. The number of hydrogen-bond donors (Lipinski definition) is 16. The van der Waals surface area contributed by atoms with Gasteiger partial charge in [0.2, 0.25) is 41.4 Å². The number of nitrogens with one attached hydrogen (secondary N) is 9. The summed E-state index contributed by atoms with van der Waals surface area (Å²) in [5.41, 5.74) is 30.2. The van der Waals surface area contributed by atoms with Gasteiger partial charge in [-0.25, -0.2) is 9.78 Å². The molecule has 3 aromatic rings. The van der Waals surface area contributed by atoms with Gasteiger partial charge < -0.3 is 86.1 Å². The van der Waals surface area contributed by atoms with Crippen molar-refractivity contribution in [3.8, 4) is 0 Å². The number of nitrogens with two attached hydrogens (primary N) is 5. The molecule has 0 aliphatic rings. The quantitative estimate of drug-likeness (QED) is 0.0160. The molecule has 3 rings (SSSR count). The van der Waals surface area contributed by atoms with Crippen LogP contribution < -0.4 is 65.9 Å². The number of carboxylic acid groups (broad SMARTS) is 1. The van der Waals surface area contributed by atoms with Gasteiger partial charge >= 0.3 is 5.97 Å². The van der Waals surface area contributed by atoms with Crippen LogP contribution in [0.2, 0.25) is 0 Å². The number of hydrogen-bond acceptors (Lipinski definition) is 14. The third-order valence-electron chi connectivity index (χ3n) is 11.7. The van der Waals surface area contributed by atoms with Gasteiger partial charge in [0.25, 0.3) is 0 Å². The van der Waals surface area contributed by atoms with E-state index in [-0.39, 0.29) is 76.5 Å². The van der Waals surface area contributed by atoms with Crippen LogP contribution in [-0.4, -0.2) is 153 Å². The highest BCUT2D eigenvalue weighted by Gasteiger charge is 2.34. The lowest BCUT2D eigenvalue weighted by molar-refractivity contribution is -0.142. The van der Waals surface area contributed by atoms with Crippen molar-refractivity contribution in [2.24, 2.45) is 39.6 Å². The first-order valence-corrected chi connectivity index (χ1v) is 24.5. The number of benzene rings is 1. The summed E-state index contributed by atoms with van der Waals surface area (Å²) in [7, 11) is 0. The number of aromatic amines is 2. The predicted molar refractivity (Wildman–Crippen MR) is 271 cm³/mol. The fraction of sp³-hybridized carbons (Fsp3) is 0.574. The van der Waals surface area contributed by atoms with Gasteiger partial charge in [0.1, 0.15) is 48.3 Å². The highest BCUT2D eigenvalue weighted by Crippen LogP contribution is 2.20. The van der Waals surface area contributed by atoms with E-state index >= 15 is 0 Å². The number of carboxylic acids is 1. The number of amides is 7. The normalized spacial score (nSPS) is 14.5. The number of carbonyl (C=O) groups is 8. The molecule has 21 N–H and O–H groups in total. The van der Waals surface area contributed by atoms with Crippen LogP contribution in [0.4, 0.5) is 0 Å². The highest BCUT2D eigenvalue weighted by atomic mass is 16.4. The van der Waals surface area contributed by atoms with Crippen LogP contribution in [0, 0.1) is 5.92 Å². The third kappa shape index (κ3) is 20.8. The van der Waals surface area contributed by atoms with Crippen molar-refractivity contribution in [2.75, 3.05) is 26.2 Å². The Balaban J connectivity index is 1.82. The molecule has 1 aromatic carbocycles. The summed E-state index contributed by atoms with van der Waals surface area (Å²) in [6.07, 6.45) is 6.41. The van der Waals surface area contributed by atoms with E-state index in [9.17, 15) is 48.6 Å². The SMILES string of the molecule is CC(C)C[C@H](NC(=O)[C@H](C)NC(=O)[C@H](CCCCN)NC(=O)[C@H](CCCN=C(N)N)NC(=O)[C@H](CCCCN)NC(=O)[C@H](Cc1cnc[nH]1)NC(=O)[C@@H](N)CO)C(=O)N[C@@H](Cc1c[nH]c2ccccc12)C(=O)O. The number of unbranched alkanes of at least 4 members (excludes halogenated alkanes) is 2. The number of fused-ring (bicyclic) bond motifs is 1. The van der Waals surface area contributed by atoms with Gasteiger partial charge in [0, 0.05) is 48.4 Å². The van der Waals surface area contributed by atoms with Crippen LogP contribution in [0.25, 0.3) is 10.9 Å². The molecule has 0 saturated heterocycles. The third-order valence-corrected chi connectivity index (χ3v) is 11.7. The number of nitrogens with zero attached hydrogens (tertiary/aromatic N) is 2. The van der Waals surface area contributed by atoms with Crippen LogP contribution in [0.1, 0.15) is 89.8 Å². The average molecular weight is 1030 g/mol. The lowest BCUT2D eigenvalue weighted by Gasteiger charge is -2.27. The monoisotopic (exact) mass is 1020 g/mol. The predicted octanol–water partition coefficient (Wildman–Crippen LogP) is -3.15. The molecular formula is C47H76N16O10. The summed E-state index contributed by atoms with van der Waals surface area (Å²) >= 11 is 0. The molecule has 0 saturated carbocycles. The number of aliphatic hydroxyl groups excluding tert-OH is 1. The second-order valence-electron chi connectivity index (χ2n) is 18.2. The minimum Gasteiger partial charge on any atom is -0.480 e. The van der Waals surface area contributed by atoms with Crippen LogP contribution in [0.3, 0.4) is 0 Å². The standard InChI is InChI=1S/C47H76N16O10/c1-26(2)19-36(44(70)63-38(46(72)73)20-28-22-55-32-12-5-4-11-30(28)32)61-39(65)27(3)57-41(67)33(13-6-8-16-48)58-43(69)35(15-10-18-54-47(51)52)59-42(68)34(14-7-9-17-49)60-45(71)37(21-29-23-53-25-56-29)62-40(66)31(50)24-64/h4-5,11-12,22-23,25-27,31,33-38,55,64H,6-10,13-21,24,48-50H2,1-3H3,(H,53,56)(H,57,67)(H,58,69)(H,59,68)(H,60,71)(H,61,65)(H,62,66)(H,63,70)(H,72,73)(H4,51,52,54)/t27-,31-,33-,34-,35-,36-,37-,38-/m0/s1. The first-order chi connectivity index (χ1) is 34.8. The molecule has 404 valence electrons. The van der Waals surface area contributed by atoms with Crippen molar-refractivity contribution in [1.82, 2.24) is 52.2 Å². The van der Waals surface area contributed by atoms with E-state index < -0.39 is 102 Å². The van der Waals surface area contributed by atoms with Gasteiger partial charge in [0.15, 0.2) is 5.96 Å². The number of aliphatic carboxylic acids is 1. The fourth-order valence-electron chi connectivity index (χ4n) is 7.67. The van der Waals surface area contributed by atoms with Crippen molar-refractivity contribution in [2.45, 2.75) is 140 Å². The maximum atomic E-state index is 14.2. The molecule has 26 heteroatoms. The molecule has 2 aromatic heterocycles. The van der Waals surface area contributed by atoms with Crippen molar-refractivity contribution >= 4 is 64.2 Å². The maximum Gasteiger partial charge on any atom is 0.326 e. The number of H-pyrrole nitrogens is 2. The zero-order chi connectivity index (χ0) is 54.0. The number of carbonyl (C=O) groups excluding carboxylic acids is 7. The Kier molecular flexibility index (Phi) is 25.8. The Morgan fingerprint density at radius 1 is 0.644 bits per heavy atom. The van der Waals surface area contributed by atoms with Gasteiger partial charge in [-0.15, -0.1) is 0 Å². The molecule has 26 nitrogen and oxygen atoms in total. The van der Waals surface area contributed by atoms with Crippen molar-refractivity contribution < 1.29 is 48.6 Å². The van der Waals surface area contributed by atoms with Crippen molar-refractivity contribution in [3.63, 3.8) is 0 Å². The number of aliphatic hydroxyl groups is 1. The number of guanidine groups is 1. The largest absolute Gasteiger partial charge is 0.480 e. The fourth-order valence-corrected chi connectivity index (χ4v) is 7.67. The van der Waals surface area contributed by atoms with Crippen molar-refractivity contribution in [3.05, 3.63) is 54.2 Å². The van der Waals surface area contributed by atoms with Crippen molar-refractivity contribution in [1.29, 1.82) is 0 Å². The van der Waals surface area contributed by atoms with Crippen LogP contribution in [0.5, 0.6) is 0 Å². The second kappa shape index (κ2) is 31.3. The minimum absolute atomic E-state index is 0.0405. The van der Waals surface area contributed by atoms with E-state index in [4.69, 9.17) is 28.7 Å². The molecule has 0 spiro atoms. The zero-order valence-corrected chi connectivity index (χ0v) is 41.8. The molecule has 0 bridgehead atoms. The lowest BCUT2D eigenvalue weighted by atomic mass is 10.0. The average Bonchev–Trinajstić information content (AvgIpc) is 4.03. The number of aromatic nitrogens is 3. The van der Waals surface area contributed by atoms with Gasteiger partial charge in [-0.3, -0.25) is 38.6 Å². The van der Waals surface area contributed by atoms with E-state index in [1.165, 1.54) is 19.4 Å². The van der Waals surface area contributed by atoms with Gasteiger partial charge in [0.05, 0.1) is 12.9 Å². The van der Waals surface area contributed by atoms with Crippen LogP contribution in [-0.2, 0) is 51.2 Å². The molecular weight excluding hydrogens is 949 g/mol. The molecule has 0 unspecified atom stereocenters. The highest BCUT2D eigenvalue weighted by molar-refractivity contribution is 5.97. The zero-order valence-electron chi connectivity index (χ0n) is 41.8. The number of para-hydroxylation sites is 1. The van der Waals surface area contributed by atoms with E-state index in [1.807, 2.05) is 38.1 Å². The van der Waals surface area contributed by atoms with Gasteiger partial charge in [-0.2, -0.15) is 0 Å². The second-order valence-corrected chi connectivity index (χ2v) is 18.2. The van der Waals surface area contributed by atoms with E-state index in [0.717, 1.165) is 10.9 Å². The molecule has 7 amide bonds. The summed E-state index contributed by atoms with van der Waals surface area (Å²) in [6.45, 7) is 4.93. The molecule has 2 heterocycles. The topological polar surface area (TPSA) is 448 Å². The Bertz CT molecular complexity index is 2290. The van der Waals surface area contributed by atoms with Crippen LogP contribution >= 0.6 is 0 Å². The Morgan fingerprint density at radius 3 is 1.70 bits per heavy atom. The number of aliphatic imine (C=N–C) groups is 1. The Morgan fingerprint density at radius 2 is 1.16 bits per heavy atom. The van der Waals surface area contributed by atoms with E-state index in [0.29, 0.717) is 36.9 Å². The number of imidazole rings is 1. The van der Waals surface area contributed by atoms with Crippen LogP contribution in [0.15, 0.2) is 48.0 Å². The van der Waals surface area contributed by atoms with Gasteiger partial charge in [-0.1, -0.05) is 32.0 Å². The Labute approximate surface area is 423 Å². The summed E-state index contributed by atoms with van der Waals surface area (Å²) < 4.78 is 0. The molecule has 0 fully saturated rings. The maximum absolute atomic E-state index is 14.2. The first kappa shape index (κ1) is 60.1. The number of rotatable bonds is 34. The smallest absolute Gasteiger partial charge is 0.326 e. The summed E-state index contributed by atoms with van der Waals surface area (Å²) in [5.74, 6) is -7.08. The van der Waals surface area contributed by atoms with Gasteiger partial charge in [-0.05, 0) is 95.3 Å². The summed E-state index contributed by atoms with van der Waals surface area (Å²) in [5, 5.41) is 38.7. The molecule has 8 atom stereocenters. The lowest BCUT2D eigenvalue weighted by Crippen LogP contribution is -2.60. The molecule has 0 radical (unpaired) electrons. The first-order valence-electron chi connectivity index (χ1n) is 24.5. The molecule has 73 heavy (non-hydrogen) atoms. The summed E-state index contributed by atoms with van der Waals surface area (Å²) in [6, 6.07) is -2.95.